The van der Waals surface area contributed by atoms with E-state index in [1.165, 1.54) is 6.07 Å². The van der Waals surface area contributed by atoms with Gasteiger partial charge in [-0.05, 0) is 13.0 Å². The van der Waals surface area contributed by atoms with Gasteiger partial charge in [0.25, 0.3) is 0 Å². The summed E-state index contributed by atoms with van der Waals surface area (Å²) in [5.74, 6) is 0.238. The topological polar surface area (TPSA) is 42.4 Å². The lowest BCUT2D eigenvalue weighted by Gasteiger charge is -2.11. The molecule has 94 valence electrons. The number of hydrogen-bond donors (Lipinski definition) is 1. The molecule has 1 aromatic heterocycles. The molecule has 0 aliphatic carbocycles. The fourth-order valence-corrected chi connectivity index (χ4v) is 1.59. The van der Waals surface area contributed by atoms with Crippen molar-refractivity contribution in [3.05, 3.63) is 59.2 Å². The molecular formula is C14H14FNO2. The lowest BCUT2D eigenvalue weighted by Crippen LogP contribution is -2.02. The first-order chi connectivity index (χ1) is 8.70. The highest BCUT2D eigenvalue weighted by molar-refractivity contribution is 5.32. The van der Waals surface area contributed by atoms with E-state index < -0.39 is 0 Å². The Kier molecular flexibility index (Phi) is 3.89. The highest BCUT2D eigenvalue weighted by Crippen LogP contribution is 2.20. The molecule has 0 saturated carbocycles. The molecule has 0 aliphatic rings. The van der Waals surface area contributed by atoms with Gasteiger partial charge in [0, 0.05) is 29.1 Å². The van der Waals surface area contributed by atoms with Crippen molar-refractivity contribution in [3.8, 4) is 5.75 Å². The summed E-state index contributed by atoms with van der Waals surface area (Å²) >= 11 is 0. The summed E-state index contributed by atoms with van der Waals surface area (Å²) < 4.78 is 18.9. The maximum Gasteiger partial charge on any atom is 0.129 e. The van der Waals surface area contributed by atoms with E-state index in [1.54, 1.807) is 30.5 Å². The zero-order valence-corrected chi connectivity index (χ0v) is 10.1. The minimum atomic E-state index is -0.297. The lowest BCUT2D eigenvalue weighted by molar-refractivity contribution is 0.256. The zero-order valence-electron chi connectivity index (χ0n) is 10.1. The molecule has 0 unspecified atom stereocenters. The van der Waals surface area contributed by atoms with Crippen molar-refractivity contribution in [2.24, 2.45) is 0 Å². The van der Waals surface area contributed by atoms with Crippen molar-refractivity contribution in [1.29, 1.82) is 0 Å². The van der Waals surface area contributed by atoms with E-state index in [4.69, 9.17) is 9.84 Å². The van der Waals surface area contributed by atoms with Crippen LogP contribution in [0.5, 0.6) is 5.75 Å². The summed E-state index contributed by atoms with van der Waals surface area (Å²) in [7, 11) is 0. The molecule has 1 aromatic carbocycles. The number of pyridine rings is 1. The number of nitrogens with zero attached hydrogens (tertiary/aromatic N) is 1. The average molecular weight is 247 g/mol. The molecule has 0 radical (unpaired) electrons. The Balaban J connectivity index is 2.15. The van der Waals surface area contributed by atoms with E-state index >= 15 is 0 Å². The molecule has 0 fully saturated rings. The van der Waals surface area contributed by atoms with Crippen LogP contribution in [0.15, 0.2) is 36.5 Å². The second-order valence-electron chi connectivity index (χ2n) is 3.97. The Labute approximate surface area is 105 Å². The molecule has 0 saturated heterocycles. The number of aliphatic hydroxyl groups is 1. The number of aliphatic hydroxyl groups excluding tert-OH is 1. The van der Waals surface area contributed by atoms with Crippen LogP contribution in [0.1, 0.15) is 16.8 Å². The Morgan fingerprint density at radius 1 is 1.28 bits per heavy atom. The smallest absolute Gasteiger partial charge is 0.129 e. The number of rotatable bonds is 4. The summed E-state index contributed by atoms with van der Waals surface area (Å²) in [6, 6.07) is 8.18. The third kappa shape index (κ3) is 2.84. The molecular weight excluding hydrogens is 233 g/mol. The molecule has 0 atom stereocenters. The molecule has 2 rings (SSSR count). The zero-order chi connectivity index (χ0) is 13.0. The molecule has 0 spiro atoms. The number of aryl methyl sites for hydroxylation is 1. The first kappa shape index (κ1) is 12.5. The van der Waals surface area contributed by atoms with Crippen LogP contribution < -0.4 is 4.74 Å². The molecule has 4 heteroatoms. The summed E-state index contributed by atoms with van der Waals surface area (Å²) in [6.45, 7) is 1.81. The van der Waals surface area contributed by atoms with Crippen molar-refractivity contribution in [1.82, 2.24) is 4.98 Å². The summed E-state index contributed by atoms with van der Waals surface area (Å²) in [5, 5.41) is 9.17. The van der Waals surface area contributed by atoms with Crippen molar-refractivity contribution >= 4 is 0 Å². The van der Waals surface area contributed by atoms with Gasteiger partial charge in [-0.3, -0.25) is 4.98 Å². The predicted octanol–water partition coefficient (Wildman–Crippen LogP) is 2.60. The molecule has 0 bridgehead atoms. The van der Waals surface area contributed by atoms with Crippen molar-refractivity contribution in [2.75, 3.05) is 0 Å². The van der Waals surface area contributed by atoms with Gasteiger partial charge >= 0.3 is 0 Å². The van der Waals surface area contributed by atoms with Crippen LogP contribution in [0, 0.1) is 12.7 Å². The second kappa shape index (κ2) is 5.60. The van der Waals surface area contributed by atoms with Gasteiger partial charge in [-0.1, -0.05) is 18.2 Å². The lowest BCUT2D eigenvalue weighted by atomic mass is 10.2. The third-order valence-corrected chi connectivity index (χ3v) is 2.59. The first-order valence-corrected chi connectivity index (χ1v) is 5.63. The fraction of sp³-hybridized carbons (Fsp3) is 0.214. The third-order valence-electron chi connectivity index (χ3n) is 2.59. The Morgan fingerprint density at radius 2 is 2.06 bits per heavy atom. The van der Waals surface area contributed by atoms with Crippen molar-refractivity contribution in [2.45, 2.75) is 20.1 Å². The molecule has 1 heterocycles. The molecule has 0 amide bonds. The number of aromatic nitrogens is 1. The van der Waals surface area contributed by atoms with Crippen molar-refractivity contribution in [3.63, 3.8) is 0 Å². The SMILES string of the molecule is Cc1cc(OCc2ccccc2F)c(CO)cn1. The van der Waals surface area contributed by atoms with Crippen LogP contribution in [0.4, 0.5) is 4.39 Å². The number of benzene rings is 1. The highest BCUT2D eigenvalue weighted by atomic mass is 19.1. The summed E-state index contributed by atoms with van der Waals surface area (Å²) in [4.78, 5) is 4.07. The largest absolute Gasteiger partial charge is 0.488 e. The summed E-state index contributed by atoms with van der Waals surface area (Å²) in [6.07, 6.45) is 1.56. The monoisotopic (exact) mass is 247 g/mol. The maximum absolute atomic E-state index is 13.4. The van der Waals surface area contributed by atoms with Crippen LogP contribution in [-0.4, -0.2) is 10.1 Å². The Hall–Kier alpha value is -1.94. The fourth-order valence-electron chi connectivity index (χ4n) is 1.59. The van der Waals surface area contributed by atoms with Gasteiger partial charge in [0.05, 0.1) is 6.61 Å². The Morgan fingerprint density at radius 3 is 2.78 bits per heavy atom. The average Bonchev–Trinajstić information content (AvgIpc) is 2.38. The van der Waals surface area contributed by atoms with Crippen LogP contribution in [0.2, 0.25) is 0 Å². The number of hydrogen-bond acceptors (Lipinski definition) is 3. The van der Waals surface area contributed by atoms with E-state index in [9.17, 15) is 4.39 Å². The minimum absolute atomic E-state index is 0.128. The standard InChI is InChI=1S/C14H14FNO2/c1-10-6-14(12(8-17)7-16-10)18-9-11-4-2-3-5-13(11)15/h2-7,17H,8-9H2,1H3. The molecule has 18 heavy (non-hydrogen) atoms. The normalized spacial score (nSPS) is 10.4. The van der Waals surface area contributed by atoms with Crippen LogP contribution in [-0.2, 0) is 13.2 Å². The predicted molar refractivity (Wildman–Crippen MR) is 65.6 cm³/mol. The van der Waals surface area contributed by atoms with E-state index in [2.05, 4.69) is 4.98 Å². The van der Waals surface area contributed by atoms with E-state index in [1.807, 2.05) is 6.92 Å². The highest BCUT2D eigenvalue weighted by Gasteiger charge is 2.06. The van der Waals surface area contributed by atoms with Crippen LogP contribution in [0.25, 0.3) is 0 Å². The second-order valence-corrected chi connectivity index (χ2v) is 3.97. The molecule has 2 aromatic rings. The van der Waals surface area contributed by atoms with Gasteiger partial charge in [-0.2, -0.15) is 0 Å². The number of ether oxygens (including phenoxy) is 1. The molecule has 1 N–H and O–H groups in total. The maximum atomic E-state index is 13.4. The molecule has 0 aliphatic heterocycles. The minimum Gasteiger partial charge on any atom is -0.488 e. The molecule has 3 nitrogen and oxygen atoms in total. The van der Waals surface area contributed by atoms with Gasteiger partial charge < -0.3 is 9.84 Å². The van der Waals surface area contributed by atoms with E-state index in [0.717, 1.165) is 5.69 Å². The summed E-state index contributed by atoms with van der Waals surface area (Å²) in [5.41, 5.74) is 1.86. The number of halogens is 1. The van der Waals surface area contributed by atoms with E-state index in [0.29, 0.717) is 16.9 Å². The van der Waals surface area contributed by atoms with Crippen molar-refractivity contribution < 1.29 is 14.2 Å². The first-order valence-electron chi connectivity index (χ1n) is 5.63. The van der Waals surface area contributed by atoms with Gasteiger partial charge in [-0.15, -0.1) is 0 Å². The quantitative estimate of drug-likeness (QED) is 0.903. The van der Waals surface area contributed by atoms with Gasteiger partial charge in [-0.25, -0.2) is 4.39 Å². The van der Waals surface area contributed by atoms with Gasteiger partial charge in [0.1, 0.15) is 18.2 Å². The van der Waals surface area contributed by atoms with Crippen LogP contribution >= 0.6 is 0 Å². The Bertz CT molecular complexity index is 543. The van der Waals surface area contributed by atoms with E-state index in [-0.39, 0.29) is 19.0 Å². The van der Waals surface area contributed by atoms with Gasteiger partial charge in [0.15, 0.2) is 0 Å². The van der Waals surface area contributed by atoms with Crippen LogP contribution in [0.3, 0.4) is 0 Å². The van der Waals surface area contributed by atoms with Gasteiger partial charge in [0.2, 0.25) is 0 Å².